The monoisotopic (exact) mass is 245 g/mol. The molecule has 0 aromatic heterocycles. The number of rotatable bonds is 4. The first kappa shape index (κ1) is 14.1. The molecule has 0 amide bonds. The van der Waals surface area contributed by atoms with Crippen LogP contribution in [0, 0.1) is 11.3 Å². The van der Waals surface area contributed by atoms with Crippen molar-refractivity contribution in [3.8, 4) is 6.07 Å². The third-order valence-corrected chi connectivity index (χ3v) is 2.40. The number of aliphatic hydroxyl groups is 4. The number of nitrogens with zero attached hydrogens (tertiary/aromatic N) is 1. The van der Waals surface area contributed by atoms with Crippen LogP contribution in [0.15, 0.2) is 12.2 Å². The third kappa shape index (κ3) is 3.47. The lowest BCUT2D eigenvalue weighted by Crippen LogP contribution is -2.59. The van der Waals surface area contributed by atoms with Crippen LogP contribution in [0.25, 0.3) is 0 Å². The Balaban J connectivity index is 2.54. The van der Waals surface area contributed by atoms with Gasteiger partial charge in [-0.2, -0.15) is 5.26 Å². The van der Waals surface area contributed by atoms with Gasteiger partial charge >= 0.3 is 0 Å². The third-order valence-electron chi connectivity index (χ3n) is 2.40. The summed E-state index contributed by atoms with van der Waals surface area (Å²) in [6.45, 7) is -0.491. The van der Waals surface area contributed by atoms with Gasteiger partial charge in [-0.05, 0) is 6.08 Å². The Morgan fingerprint density at radius 1 is 1.24 bits per heavy atom. The van der Waals surface area contributed by atoms with Crippen molar-refractivity contribution in [1.29, 1.82) is 5.26 Å². The van der Waals surface area contributed by atoms with Gasteiger partial charge in [-0.15, -0.1) is 0 Å². The average molecular weight is 245 g/mol. The van der Waals surface area contributed by atoms with E-state index in [0.29, 0.717) is 0 Å². The van der Waals surface area contributed by atoms with Crippen LogP contribution in [0.3, 0.4) is 0 Å². The number of hydrogen-bond donors (Lipinski definition) is 4. The minimum absolute atomic E-state index is 0.0102. The van der Waals surface area contributed by atoms with Gasteiger partial charge in [0.2, 0.25) is 0 Å². The quantitative estimate of drug-likeness (QED) is 0.418. The van der Waals surface area contributed by atoms with E-state index in [0.717, 1.165) is 0 Å². The van der Waals surface area contributed by atoms with Gasteiger partial charge in [-0.3, -0.25) is 0 Å². The summed E-state index contributed by atoms with van der Waals surface area (Å²) in [6, 6.07) is 1.76. The van der Waals surface area contributed by atoms with Crippen molar-refractivity contribution in [2.45, 2.75) is 30.7 Å². The Hall–Kier alpha value is -1.01. The predicted molar refractivity (Wildman–Crippen MR) is 54.5 cm³/mol. The molecule has 0 spiro atoms. The predicted octanol–water partition coefficient (Wildman–Crippen LogP) is -2.12. The highest BCUT2D eigenvalue weighted by molar-refractivity contribution is 5.01. The van der Waals surface area contributed by atoms with Gasteiger partial charge in [-0.25, -0.2) is 0 Å². The summed E-state index contributed by atoms with van der Waals surface area (Å²) in [6.07, 6.45) is -3.81. The zero-order valence-corrected chi connectivity index (χ0v) is 9.01. The van der Waals surface area contributed by atoms with Crippen LogP contribution in [0.1, 0.15) is 0 Å². The summed E-state index contributed by atoms with van der Waals surface area (Å²) >= 11 is 0. The molecule has 0 aromatic carbocycles. The van der Waals surface area contributed by atoms with Gasteiger partial charge in [0.15, 0.2) is 6.29 Å². The molecular weight excluding hydrogens is 230 g/mol. The zero-order chi connectivity index (χ0) is 12.8. The fraction of sp³-hybridized carbons (Fsp3) is 0.700. The van der Waals surface area contributed by atoms with Crippen molar-refractivity contribution in [2.24, 2.45) is 0 Å². The van der Waals surface area contributed by atoms with E-state index in [-0.39, 0.29) is 6.61 Å². The van der Waals surface area contributed by atoms with Crippen molar-refractivity contribution >= 4 is 0 Å². The molecule has 0 radical (unpaired) electrons. The SMILES string of the molecule is N#CC=CCOC1OC(CO)C(O)C(O)C1O. The van der Waals surface area contributed by atoms with Gasteiger partial charge in [-0.1, -0.05) is 0 Å². The minimum Gasteiger partial charge on any atom is -0.394 e. The largest absolute Gasteiger partial charge is 0.394 e. The standard InChI is InChI=1S/C10H15NO6/c11-3-1-2-4-16-10-9(15)8(14)7(13)6(5-12)17-10/h1-2,6-10,12-15H,4-5H2. The minimum atomic E-state index is -1.45. The molecule has 5 unspecified atom stereocenters. The second-order valence-corrected chi connectivity index (χ2v) is 3.56. The van der Waals surface area contributed by atoms with Crippen LogP contribution in [-0.2, 0) is 9.47 Å². The van der Waals surface area contributed by atoms with Crippen LogP contribution < -0.4 is 0 Å². The molecule has 96 valence electrons. The number of nitriles is 1. The Bertz CT molecular complexity index is 300. The second kappa shape index (κ2) is 6.66. The van der Waals surface area contributed by atoms with Crippen molar-refractivity contribution in [2.75, 3.05) is 13.2 Å². The van der Waals surface area contributed by atoms with E-state index in [1.165, 1.54) is 12.2 Å². The molecule has 1 heterocycles. The van der Waals surface area contributed by atoms with Gasteiger partial charge < -0.3 is 29.9 Å². The average Bonchev–Trinajstić information content (AvgIpc) is 2.34. The van der Waals surface area contributed by atoms with Gasteiger partial charge in [0.05, 0.1) is 19.3 Å². The number of ether oxygens (including phenoxy) is 2. The van der Waals surface area contributed by atoms with Crippen molar-refractivity contribution in [3.05, 3.63) is 12.2 Å². The van der Waals surface area contributed by atoms with Gasteiger partial charge in [0.25, 0.3) is 0 Å². The molecule has 0 saturated carbocycles. The van der Waals surface area contributed by atoms with Crippen LogP contribution >= 0.6 is 0 Å². The van der Waals surface area contributed by atoms with E-state index in [1.807, 2.05) is 0 Å². The molecule has 7 nitrogen and oxygen atoms in total. The lowest BCUT2D eigenvalue weighted by Gasteiger charge is -2.39. The Kier molecular flexibility index (Phi) is 5.50. The first-order valence-corrected chi connectivity index (χ1v) is 5.08. The Morgan fingerprint density at radius 3 is 2.53 bits per heavy atom. The molecule has 4 N–H and O–H groups in total. The molecule has 1 rings (SSSR count). The van der Waals surface area contributed by atoms with Crippen molar-refractivity contribution < 1.29 is 29.9 Å². The molecule has 1 aliphatic rings. The summed E-state index contributed by atoms with van der Waals surface area (Å²) in [5, 5.41) is 45.6. The molecule has 7 heteroatoms. The summed E-state index contributed by atoms with van der Waals surface area (Å²) in [5.41, 5.74) is 0. The maximum Gasteiger partial charge on any atom is 0.187 e. The van der Waals surface area contributed by atoms with Crippen molar-refractivity contribution in [3.63, 3.8) is 0 Å². The molecule has 0 aromatic rings. The Morgan fingerprint density at radius 2 is 1.94 bits per heavy atom. The van der Waals surface area contributed by atoms with E-state index in [1.54, 1.807) is 6.07 Å². The first-order chi connectivity index (χ1) is 8.11. The normalized spacial score (nSPS) is 38.2. The van der Waals surface area contributed by atoms with E-state index in [9.17, 15) is 15.3 Å². The van der Waals surface area contributed by atoms with E-state index < -0.39 is 37.3 Å². The van der Waals surface area contributed by atoms with Crippen LogP contribution in [0.2, 0.25) is 0 Å². The highest BCUT2D eigenvalue weighted by Gasteiger charge is 2.43. The maximum atomic E-state index is 9.55. The summed E-state index contributed by atoms with van der Waals surface area (Å²) in [4.78, 5) is 0. The molecule has 1 fully saturated rings. The molecule has 5 atom stereocenters. The number of hydrogen-bond acceptors (Lipinski definition) is 7. The fourth-order valence-electron chi connectivity index (χ4n) is 1.46. The lowest BCUT2D eigenvalue weighted by atomic mass is 9.99. The summed E-state index contributed by atoms with van der Waals surface area (Å²) in [7, 11) is 0. The van der Waals surface area contributed by atoms with E-state index >= 15 is 0 Å². The van der Waals surface area contributed by atoms with Crippen LogP contribution in [0.4, 0.5) is 0 Å². The first-order valence-electron chi connectivity index (χ1n) is 5.08. The smallest absolute Gasteiger partial charge is 0.187 e. The van der Waals surface area contributed by atoms with E-state index in [4.69, 9.17) is 19.8 Å². The Labute approximate surface area is 98.1 Å². The second-order valence-electron chi connectivity index (χ2n) is 3.56. The summed E-state index contributed by atoms with van der Waals surface area (Å²) in [5.74, 6) is 0. The summed E-state index contributed by atoms with van der Waals surface area (Å²) < 4.78 is 10.1. The van der Waals surface area contributed by atoms with Crippen LogP contribution in [0.5, 0.6) is 0 Å². The maximum absolute atomic E-state index is 9.55. The molecular formula is C10H15NO6. The number of allylic oxidation sites excluding steroid dienone is 1. The van der Waals surface area contributed by atoms with E-state index in [2.05, 4.69) is 0 Å². The highest BCUT2D eigenvalue weighted by Crippen LogP contribution is 2.21. The highest BCUT2D eigenvalue weighted by atomic mass is 16.7. The number of aliphatic hydroxyl groups excluding tert-OH is 4. The van der Waals surface area contributed by atoms with Gasteiger partial charge in [0, 0.05) is 6.08 Å². The van der Waals surface area contributed by atoms with Crippen LogP contribution in [-0.4, -0.2) is 64.3 Å². The van der Waals surface area contributed by atoms with Crippen molar-refractivity contribution in [1.82, 2.24) is 0 Å². The van der Waals surface area contributed by atoms with Gasteiger partial charge in [0.1, 0.15) is 24.4 Å². The zero-order valence-electron chi connectivity index (χ0n) is 9.01. The fourth-order valence-corrected chi connectivity index (χ4v) is 1.46. The molecule has 1 aliphatic heterocycles. The molecule has 1 saturated heterocycles. The molecule has 17 heavy (non-hydrogen) atoms. The molecule has 0 bridgehead atoms. The lowest BCUT2D eigenvalue weighted by molar-refractivity contribution is -0.298. The molecule has 0 aliphatic carbocycles. The topological polar surface area (TPSA) is 123 Å².